The largest absolute Gasteiger partial charge is 0.457 e. The van der Waals surface area contributed by atoms with Crippen molar-refractivity contribution in [2.24, 2.45) is 0 Å². The molecule has 0 fully saturated rings. The molecule has 0 aliphatic carbocycles. The molecular weight excluding hydrogens is 346 g/mol. The summed E-state index contributed by atoms with van der Waals surface area (Å²) in [5, 5.41) is 0. The fourth-order valence-electron chi connectivity index (χ4n) is 1.32. The van der Waals surface area contributed by atoms with E-state index in [2.05, 4.69) is 6.58 Å². The lowest BCUT2D eigenvalue weighted by atomic mass is 10.0. The Balaban J connectivity index is 2.85. The zero-order valence-corrected chi connectivity index (χ0v) is 12.8. The molecule has 0 aromatic heterocycles. The van der Waals surface area contributed by atoms with E-state index < -0.39 is 17.7 Å². The summed E-state index contributed by atoms with van der Waals surface area (Å²) < 4.78 is 20.1. The number of alkyl halides is 1. The molecule has 0 bridgehead atoms. The monoisotopic (exact) mass is 362 g/mol. The standard InChI is InChI=1S/C14H16FIO2/c1-9(13(17)18-14(2,3)4)12(15)10-7-5-6-8-11(10)16/h5-8,12H,1H2,2-4H3. The predicted molar refractivity (Wildman–Crippen MR) is 78.0 cm³/mol. The number of carbonyl (C=O) groups excluding carboxylic acids is 1. The van der Waals surface area contributed by atoms with Gasteiger partial charge in [-0.15, -0.1) is 0 Å². The molecule has 0 N–H and O–H groups in total. The Bertz CT molecular complexity index is 463. The molecule has 0 saturated heterocycles. The van der Waals surface area contributed by atoms with Crippen LogP contribution in [0.15, 0.2) is 36.4 Å². The Hall–Kier alpha value is -0.910. The Morgan fingerprint density at radius 3 is 2.44 bits per heavy atom. The zero-order chi connectivity index (χ0) is 13.9. The highest BCUT2D eigenvalue weighted by molar-refractivity contribution is 14.1. The normalized spacial score (nSPS) is 12.9. The maximum Gasteiger partial charge on any atom is 0.337 e. The van der Waals surface area contributed by atoms with Crippen LogP contribution < -0.4 is 0 Å². The van der Waals surface area contributed by atoms with Crippen molar-refractivity contribution in [2.45, 2.75) is 32.5 Å². The highest BCUT2D eigenvalue weighted by Crippen LogP contribution is 2.30. The first kappa shape index (κ1) is 15.1. The maximum absolute atomic E-state index is 14.2. The van der Waals surface area contributed by atoms with E-state index in [1.54, 1.807) is 39.0 Å². The van der Waals surface area contributed by atoms with Gasteiger partial charge in [-0.05, 0) is 49.4 Å². The molecule has 0 amide bonds. The molecule has 0 aliphatic rings. The third-order valence-corrected chi connectivity index (χ3v) is 3.13. The fraction of sp³-hybridized carbons (Fsp3) is 0.357. The maximum atomic E-state index is 14.2. The minimum Gasteiger partial charge on any atom is -0.457 e. The summed E-state index contributed by atoms with van der Waals surface area (Å²) in [6.07, 6.45) is -1.53. The van der Waals surface area contributed by atoms with Gasteiger partial charge in [0.05, 0.1) is 5.57 Å². The number of ether oxygens (including phenoxy) is 1. The van der Waals surface area contributed by atoms with Crippen molar-refractivity contribution in [1.29, 1.82) is 0 Å². The summed E-state index contributed by atoms with van der Waals surface area (Å²) in [4.78, 5) is 11.7. The number of carbonyl (C=O) groups is 1. The van der Waals surface area contributed by atoms with E-state index in [4.69, 9.17) is 4.74 Å². The van der Waals surface area contributed by atoms with Crippen molar-refractivity contribution in [3.05, 3.63) is 45.6 Å². The van der Waals surface area contributed by atoms with Crippen molar-refractivity contribution in [3.63, 3.8) is 0 Å². The number of hydrogen-bond acceptors (Lipinski definition) is 2. The third kappa shape index (κ3) is 4.08. The van der Waals surface area contributed by atoms with Crippen molar-refractivity contribution in [2.75, 3.05) is 0 Å². The number of esters is 1. The van der Waals surface area contributed by atoms with Gasteiger partial charge < -0.3 is 4.74 Å². The van der Waals surface area contributed by atoms with Gasteiger partial charge in [0.25, 0.3) is 0 Å². The summed E-state index contributed by atoms with van der Waals surface area (Å²) in [5.74, 6) is -0.699. The molecule has 1 aromatic carbocycles. The van der Waals surface area contributed by atoms with Crippen molar-refractivity contribution in [3.8, 4) is 0 Å². The smallest absolute Gasteiger partial charge is 0.337 e. The number of rotatable bonds is 3. The Morgan fingerprint density at radius 2 is 1.94 bits per heavy atom. The van der Waals surface area contributed by atoms with Crippen molar-refractivity contribution < 1.29 is 13.9 Å². The average molecular weight is 362 g/mol. The predicted octanol–water partition coefficient (Wildman–Crippen LogP) is 4.20. The topological polar surface area (TPSA) is 26.3 Å². The molecular formula is C14H16FIO2. The second-order valence-corrected chi connectivity index (χ2v) is 6.07. The summed E-state index contributed by atoms with van der Waals surface area (Å²) in [6.45, 7) is 8.70. The van der Waals surface area contributed by atoms with E-state index in [0.29, 0.717) is 5.56 Å². The highest BCUT2D eigenvalue weighted by atomic mass is 127. The van der Waals surface area contributed by atoms with Crippen LogP contribution in [0.5, 0.6) is 0 Å². The lowest BCUT2D eigenvalue weighted by molar-refractivity contribution is -0.150. The first-order valence-electron chi connectivity index (χ1n) is 5.53. The van der Waals surface area contributed by atoms with Crippen LogP contribution in [0.25, 0.3) is 0 Å². The van der Waals surface area contributed by atoms with Gasteiger partial charge in [-0.25, -0.2) is 9.18 Å². The van der Waals surface area contributed by atoms with Gasteiger partial charge in [-0.2, -0.15) is 0 Å². The SMILES string of the molecule is C=C(C(=O)OC(C)(C)C)C(F)c1ccccc1I. The summed E-state index contributed by atoms with van der Waals surface area (Å²) in [5.41, 5.74) is -0.383. The lowest BCUT2D eigenvalue weighted by Crippen LogP contribution is -2.25. The molecule has 18 heavy (non-hydrogen) atoms. The first-order valence-corrected chi connectivity index (χ1v) is 6.61. The van der Waals surface area contributed by atoms with Crippen LogP contribution >= 0.6 is 22.6 Å². The van der Waals surface area contributed by atoms with Gasteiger partial charge in [0, 0.05) is 9.13 Å². The van der Waals surface area contributed by atoms with Gasteiger partial charge in [0.15, 0.2) is 6.17 Å². The van der Waals surface area contributed by atoms with E-state index in [1.807, 2.05) is 28.7 Å². The minimum absolute atomic E-state index is 0.172. The van der Waals surface area contributed by atoms with E-state index in [9.17, 15) is 9.18 Å². The molecule has 1 rings (SSSR count). The molecule has 0 radical (unpaired) electrons. The summed E-state index contributed by atoms with van der Waals surface area (Å²) in [7, 11) is 0. The van der Waals surface area contributed by atoms with E-state index >= 15 is 0 Å². The first-order chi connectivity index (χ1) is 8.22. The molecule has 1 unspecified atom stereocenters. The van der Waals surface area contributed by atoms with Gasteiger partial charge in [0.2, 0.25) is 0 Å². The summed E-state index contributed by atoms with van der Waals surface area (Å²) in [6, 6.07) is 6.97. The van der Waals surface area contributed by atoms with Crippen LogP contribution in [-0.2, 0) is 9.53 Å². The second kappa shape index (κ2) is 5.82. The molecule has 0 aliphatic heterocycles. The average Bonchev–Trinajstić information content (AvgIpc) is 2.25. The van der Waals surface area contributed by atoms with Crippen LogP contribution in [0, 0.1) is 3.57 Å². The number of benzene rings is 1. The van der Waals surface area contributed by atoms with Gasteiger partial charge in [-0.3, -0.25) is 0 Å². The minimum atomic E-state index is -1.53. The Morgan fingerprint density at radius 1 is 1.39 bits per heavy atom. The third-order valence-electron chi connectivity index (χ3n) is 2.15. The van der Waals surface area contributed by atoms with Crippen molar-refractivity contribution >= 4 is 28.6 Å². The number of hydrogen-bond donors (Lipinski definition) is 0. The van der Waals surface area contributed by atoms with Crippen LogP contribution in [0.1, 0.15) is 32.5 Å². The van der Waals surface area contributed by atoms with Crippen LogP contribution in [-0.4, -0.2) is 11.6 Å². The van der Waals surface area contributed by atoms with Gasteiger partial charge in [0.1, 0.15) is 5.60 Å². The zero-order valence-electron chi connectivity index (χ0n) is 10.7. The molecule has 1 aromatic rings. The molecule has 98 valence electrons. The van der Waals surface area contributed by atoms with Gasteiger partial charge in [-0.1, -0.05) is 24.8 Å². The summed E-state index contributed by atoms with van der Waals surface area (Å²) >= 11 is 2.03. The highest BCUT2D eigenvalue weighted by Gasteiger charge is 2.26. The van der Waals surface area contributed by atoms with E-state index in [-0.39, 0.29) is 5.57 Å². The second-order valence-electron chi connectivity index (χ2n) is 4.91. The molecule has 0 spiro atoms. The van der Waals surface area contributed by atoms with Crippen LogP contribution in [0.2, 0.25) is 0 Å². The molecule has 2 nitrogen and oxygen atoms in total. The molecule has 0 saturated carbocycles. The van der Waals surface area contributed by atoms with Gasteiger partial charge >= 0.3 is 5.97 Å². The molecule has 4 heteroatoms. The number of halogens is 2. The Labute approximate surface area is 120 Å². The molecule has 1 atom stereocenters. The van der Waals surface area contributed by atoms with Crippen LogP contribution in [0.3, 0.4) is 0 Å². The van der Waals surface area contributed by atoms with E-state index in [0.717, 1.165) is 3.57 Å². The van der Waals surface area contributed by atoms with Crippen molar-refractivity contribution in [1.82, 2.24) is 0 Å². The van der Waals surface area contributed by atoms with E-state index in [1.165, 1.54) is 0 Å². The molecule has 0 heterocycles. The fourth-order valence-corrected chi connectivity index (χ4v) is 1.98. The lowest BCUT2D eigenvalue weighted by Gasteiger charge is -2.21. The quantitative estimate of drug-likeness (QED) is 0.458. The van der Waals surface area contributed by atoms with Crippen LogP contribution in [0.4, 0.5) is 4.39 Å². The Kier molecular flexibility index (Phi) is 4.90.